The largest absolute Gasteiger partial charge is 0.364 e. The number of carbonyl (C=O) groups is 2. The average Bonchev–Trinajstić information content (AvgIpc) is 2.92. The molecule has 1 aliphatic rings. The molecule has 1 aromatic carbocycles. The Kier molecular flexibility index (Phi) is 9.73. The summed E-state index contributed by atoms with van der Waals surface area (Å²) in [4.78, 5) is 30.5. The van der Waals surface area contributed by atoms with Crippen molar-refractivity contribution in [3.63, 3.8) is 0 Å². The molecule has 2 rings (SSSR count). The average molecular weight is 423 g/mol. The topological polar surface area (TPSA) is 55.9 Å². The van der Waals surface area contributed by atoms with Crippen LogP contribution in [0.5, 0.6) is 0 Å². The third-order valence-electron chi connectivity index (χ3n) is 4.57. The van der Waals surface area contributed by atoms with Crippen molar-refractivity contribution in [2.75, 3.05) is 59.1 Å². The van der Waals surface area contributed by atoms with Crippen molar-refractivity contribution >= 4 is 40.1 Å². The highest BCUT2D eigenvalue weighted by Gasteiger charge is 2.20. The number of nitrogens with zero attached hydrogens (tertiary/aromatic N) is 3. The molecule has 0 saturated carbocycles. The molecule has 1 fully saturated rings. The van der Waals surface area contributed by atoms with Crippen LogP contribution < -0.4 is 5.32 Å². The standard InChI is InChI=1S/C20H30N4O2S2/c1-22(2)20(27)28-16-19(26)24-12-6-11-23(13-14-24)15-18(25)21-10-9-17-7-4-3-5-8-17/h3-5,7-8H,6,9-16H2,1-2H3,(H,21,25). The summed E-state index contributed by atoms with van der Waals surface area (Å²) >= 11 is 6.62. The van der Waals surface area contributed by atoms with E-state index in [1.54, 1.807) is 0 Å². The minimum atomic E-state index is 0.0441. The summed E-state index contributed by atoms with van der Waals surface area (Å²) in [5, 5.41) is 2.99. The first-order valence-electron chi connectivity index (χ1n) is 9.60. The molecule has 8 heteroatoms. The number of nitrogens with one attached hydrogen (secondary N) is 1. The lowest BCUT2D eigenvalue weighted by Crippen LogP contribution is -2.40. The summed E-state index contributed by atoms with van der Waals surface area (Å²) in [6, 6.07) is 10.1. The Morgan fingerprint density at radius 3 is 2.61 bits per heavy atom. The third-order valence-corrected chi connectivity index (χ3v) is 6.29. The first-order chi connectivity index (χ1) is 13.5. The van der Waals surface area contributed by atoms with Crippen molar-refractivity contribution in [2.45, 2.75) is 12.8 Å². The van der Waals surface area contributed by atoms with Gasteiger partial charge in [0.2, 0.25) is 11.8 Å². The van der Waals surface area contributed by atoms with Crippen LogP contribution in [0, 0.1) is 0 Å². The lowest BCUT2D eigenvalue weighted by molar-refractivity contribution is -0.128. The highest BCUT2D eigenvalue weighted by molar-refractivity contribution is 8.23. The van der Waals surface area contributed by atoms with Crippen molar-refractivity contribution in [1.29, 1.82) is 0 Å². The van der Waals surface area contributed by atoms with E-state index in [-0.39, 0.29) is 11.8 Å². The van der Waals surface area contributed by atoms with Crippen LogP contribution in [-0.2, 0) is 16.0 Å². The number of hydrogen-bond acceptors (Lipinski definition) is 5. The number of thioether (sulfide) groups is 1. The van der Waals surface area contributed by atoms with Gasteiger partial charge in [-0.05, 0) is 18.4 Å². The summed E-state index contributed by atoms with van der Waals surface area (Å²) in [6.07, 6.45) is 1.72. The summed E-state index contributed by atoms with van der Waals surface area (Å²) in [7, 11) is 3.77. The summed E-state index contributed by atoms with van der Waals surface area (Å²) < 4.78 is 0.719. The monoisotopic (exact) mass is 422 g/mol. The Balaban J connectivity index is 1.67. The fraction of sp³-hybridized carbons (Fsp3) is 0.550. The van der Waals surface area contributed by atoms with Crippen LogP contribution in [0.1, 0.15) is 12.0 Å². The van der Waals surface area contributed by atoms with Gasteiger partial charge in [0.15, 0.2) is 0 Å². The van der Waals surface area contributed by atoms with Gasteiger partial charge in [-0.3, -0.25) is 14.5 Å². The predicted molar refractivity (Wildman–Crippen MR) is 120 cm³/mol. The molecule has 2 amide bonds. The fourth-order valence-electron chi connectivity index (χ4n) is 2.97. The fourth-order valence-corrected chi connectivity index (χ4v) is 3.84. The summed E-state index contributed by atoms with van der Waals surface area (Å²) in [6.45, 7) is 3.98. The summed E-state index contributed by atoms with van der Waals surface area (Å²) in [5.41, 5.74) is 1.22. The lowest BCUT2D eigenvalue weighted by atomic mass is 10.1. The Labute approximate surface area is 177 Å². The van der Waals surface area contributed by atoms with Crippen LogP contribution >= 0.6 is 24.0 Å². The molecule has 1 N–H and O–H groups in total. The van der Waals surface area contributed by atoms with Crippen molar-refractivity contribution in [1.82, 2.24) is 20.0 Å². The highest BCUT2D eigenvalue weighted by atomic mass is 32.2. The van der Waals surface area contributed by atoms with E-state index in [0.717, 1.165) is 36.8 Å². The van der Waals surface area contributed by atoms with E-state index in [0.29, 0.717) is 25.4 Å². The second-order valence-corrected chi connectivity index (χ2v) is 8.65. The van der Waals surface area contributed by atoms with Crippen molar-refractivity contribution in [2.24, 2.45) is 0 Å². The quantitative estimate of drug-likeness (QED) is 0.672. The van der Waals surface area contributed by atoms with Crippen molar-refractivity contribution in [3.8, 4) is 0 Å². The van der Waals surface area contributed by atoms with Gasteiger partial charge >= 0.3 is 0 Å². The van der Waals surface area contributed by atoms with Gasteiger partial charge in [0, 0.05) is 46.8 Å². The van der Waals surface area contributed by atoms with Crippen LogP contribution in [0.3, 0.4) is 0 Å². The van der Waals surface area contributed by atoms with E-state index < -0.39 is 0 Å². The van der Waals surface area contributed by atoms with E-state index in [9.17, 15) is 9.59 Å². The second-order valence-electron chi connectivity index (χ2n) is 7.05. The minimum Gasteiger partial charge on any atom is -0.364 e. The van der Waals surface area contributed by atoms with E-state index in [4.69, 9.17) is 12.2 Å². The number of benzene rings is 1. The smallest absolute Gasteiger partial charge is 0.234 e. The van der Waals surface area contributed by atoms with E-state index in [1.165, 1.54) is 17.3 Å². The van der Waals surface area contributed by atoms with Gasteiger partial charge in [-0.2, -0.15) is 0 Å². The first-order valence-corrected chi connectivity index (χ1v) is 11.0. The molecule has 0 radical (unpaired) electrons. The van der Waals surface area contributed by atoms with Crippen LogP contribution in [-0.4, -0.2) is 90.0 Å². The SMILES string of the molecule is CN(C)C(=S)SCC(=O)N1CCCN(CC(=O)NCCc2ccccc2)CC1. The van der Waals surface area contributed by atoms with Crippen LogP contribution in [0.4, 0.5) is 0 Å². The minimum absolute atomic E-state index is 0.0441. The normalized spacial score (nSPS) is 15.0. The molecule has 0 aromatic heterocycles. The number of thiocarbonyl (C=S) groups is 1. The Hall–Kier alpha value is -1.64. The second kappa shape index (κ2) is 12.0. The molecule has 0 bridgehead atoms. The maximum absolute atomic E-state index is 12.4. The molecule has 28 heavy (non-hydrogen) atoms. The van der Waals surface area contributed by atoms with Crippen LogP contribution in [0.25, 0.3) is 0 Å². The number of carbonyl (C=O) groups excluding carboxylic acids is 2. The molecule has 1 aromatic rings. The van der Waals surface area contributed by atoms with Gasteiger partial charge in [0.05, 0.1) is 12.3 Å². The number of rotatable bonds is 7. The first kappa shape index (κ1) is 22.6. The van der Waals surface area contributed by atoms with Gasteiger partial charge < -0.3 is 15.1 Å². The molecule has 0 unspecified atom stereocenters. The Morgan fingerprint density at radius 2 is 1.89 bits per heavy atom. The Morgan fingerprint density at radius 1 is 1.14 bits per heavy atom. The van der Waals surface area contributed by atoms with Gasteiger partial charge in [-0.25, -0.2) is 0 Å². The third kappa shape index (κ3) is 8.16. The highest BCUT2D eigenvalue weighted by Crippen LogP contribution is 2.10. The molecule has 1 aliphatic heterocycles. The van der Waals surface area contributed by atoms with E-state index in [2.05, 4.69) is 22.3 Å². The molecule has 154 valence electrons. The molecule has 0 aliphatic carbocycles. The van der Waals surface area contributed by atoms with Gasteiger partial charge in [-0.1, -0.05) is 54.3 Å². The maximum atomic E-state index is 12.4. The zero-order chi connectivity index (χ0) is 20.4. The lowest BCUT2D eigenvalue weighted by Gasteiger charge is -2.22. The number of amides is 2. The van der Waals surface area contributed by atoms with Crippen molar-refractivity contribution < 1.29 is 9.59 Å². The predicted octanol–water partition coefficient (Wildman–Crippen LogP) is 1.46. The molecule has 0 atom stereocenters. The molecule has 6 nitrogen and oxygen atoms in total. The molecule has 1 heterocycles. The van der Waals surface area contributed by atoms with Gasteiger partial charge in [-0.15, -0.1) is 0 Å². The molecular formula is C20H30N4O2S2. The van der Waals surface area contributed by atoms with Crippen LogP contribution in [0.15, 0.2) is 30.3 Å². The summed E-state index contributed by atoms with van der Waals surface area (Å²) in [5.74, 6) is 0.530. The van der Waals surface area contributed by atoms with Gasteiger partial charge in [0.1, 0.15) is 4.32 Å². The number of hydrogen-bond donors (Lipinski definition) is 1. The van der Waals surface area contributed by atoms with Crippen molar-refractivity contribution in [3.05, 3.63) is 35.9 Å². The van der Waals surface area contributed by atoms with Gasteiger partial charge in [0.25, 0.3) is 0 Å². The Bertz CT molecular complexity index is 655. The van der Waals surface area contributed by atoms with E-state index in [1.807, 2.05) is 42.1 Å². The zero-order valence-corrected chi connectivity index (χ0v) is 18.4. The van der Waals surface area contributed by atoms with Crippen LogP contribution in [0.2, 0.25) is 0 Å². The molecule has 1 saturated heterocycles. The maximum Gasteiger partial charge on any atom is 0.234 e. The molecule has 0 spiro atoms. The van der Waals surface area contributed by atoms with E-state index >= 15 is 0 Å². The molecular weight excluding hydrogens is 392 g/mol. The zero-order valence-electron chi connectivity index (χ0n) is 16.7.